The summed E-state index contributed by atoms with van der Waals surface area (Å²) in [5.74, 6) is -0.0251. The maximum atomic E-state index is 11.7. The SMILES string of the molecule is Cc1cccc2c(=O)[nH]c(N=C(N)N)nc12. The van der Waals surface area contributed by atoms with Crippen LogP contribution in [-0.4, -0.2) is 15.9 Å². The van der Waals surface area contributed by atoms with E-state index >= 15 is 0 Å². The summed E-state index contributed by atoms with van der Waals surface area (Å²) < 4.78 is 0. The zero-order valence-electron chi connectivity index (χ0n) is 8.69. The average molecular weight is 217 g/mol. The van der Waals surface area contributed by atoms with Crippen LogP contribution in [0.4, 0.5) is 5.95 Å². The number of nitrogens with two attached hydrogens (primary N) is 2. The molecular formula is C10H11N5O. The van der Waals surface area contributed by atoms with Crippen molar-refractivity contribution < 1.29 is 0 Å². The monoisotopic (exact) mass is 217 g/mol. The predicted molar refractivity (Wildman–Crippen MR) is 62.6 cm³/mol. The highest BCUT2D eigenvalue weighted by Crippen LogP contribution is 2.14. The lowest BCUT2D eigenvalue weighted by Crippen LogP contribution is -2.22. The average Bonchev–Trinajstić information content (AvgIpc) is 2.19. The zero-order chi connectivity index (χ0) is 11.7. The Kier molecular flexibility index (Phi) is 2.32. The first kappa shape index (κ1) is 10.2. The topological polar surface area (TPSA) is 110 Å². The predicted octanol–water partition coefficient (Wildman–Crippen LogP) is 0.136. The molecule has 6 heteroatoms. The molecule has 6 nitrogen and oxygen atoms in total. The Morgan fingerprint density at radius 2 is 2.19 bits per heavy atom. The lowest BCUT2D eigenvalue weighted by atomic mass is 10.1. The molecule has 0 amide bonds. The molecule has 0 aliphatic rings. The van der Waals surface area contributed by atoms with Crippen molar-refractivity contribution in [3.63, 3.8) is 0 Å². The number of aromatic nitrogens is 2. The third kappa shape index (κ3) is 1.72. The Morgan fingerprint density at radius 1 is 1.44 bits per heavy atom. The summed E-state index contributed by atoms with van der Waals surface area (Å²) in [6, 6.07) is 5.37. The van der Waals surface area contributed by atoms with Crippen LogP contribution in [0.2, 0.25) is 0 Å². The van der Waals surface area contributed by atoms with Crippen molar-refractivity contribution in [1.29, 1.82) is 0 Å². The summed E-state index contributed by atoms with van der Waals surface area (Å²) in [5.41, 5.74) is 11.7. The fraction of sp³-hybridized carbons (Fsp3) is 0.100. The van der Waals surface area contributed by atoms with E-state index in [-0.39, 0.29) is 17.5 Å². The van der Waals surface area contributed by atoms with Crippen LogP contribution < -0.4 is 17.0 Å². The van der Waals surface area contributed by atoms with E-state index in [0.29, 0.717) is 10.9 Å². The first-order valence-corrected chi connectivity index (χ1v) is 4.67. The Hall–Kier alpha value is -2.37. The summed E-state index contributed by atoms with van der Waals surface area (Å²) in [4.78, 5) is 22.1. The van der Waals surface area contributed by atoms with E-state index in [9.17, 15) is 4.79 Å². The molecule has 82 valence electrons. The van der Waals surface area contributed by atoms with Gasteiger partial charge in [0.25, 0.3) is 5.56 Å². The number of hydrogen-bond acceptors (Lipinski definition) is 3. The van der Waals surface area contributed by atoms with Crippen LogP contribution in [0.15, 0.2) is 28.0 Å². The first-order valence-electron chi connectivity index (χ1n) is 4.67. The third-order valence-corrected chi connectivity index (χ3v) is 2.16. The normalized spacial score (nSPS) is 10.3. The van der Waals surface area contributed by atoms with Gasteiger partial charge in [-0.25, -0.2) is 4.98 Å². The van der Waals surface area contributed by atoms with E-state index in [0.717, 1.165) is 5.56 Å². The molecule has 1 heterocycles. The number of nitrogens with one attached hydrogen (secondary N) is 1. The minimum atomic E-state index is -0.256. The van der Waals surface area contributed by atoms with Gasteiger partial charge in [-0.3, -0.25) is 9.78 Å². The van der Waals surface area contributed by atoms with Gasteiger partial charge in [0.1, 0.15) is 0 Å². The van der Waals surface area contributed by atoms with Gasteiger partial charge in [0.2, 0.25) is 5.95 Å². The second-order valence-corrected chi connectivity index (χ2v) is 3.40. The van der Waals surface area contributed by atoms with Crippen molar-refractivity contribution in [2.45, 2.75) is 6.92 Å². The number of rotatable bonds is 1. The quantitative estimate of drug-likeness (QED) is 0.466. The van der Waals surface area contributed by atoms with Crippen molar-refractivity contribution in [2.24, 2.45) is 16.5 Å². The minimum Gasteiger partial charge on any atom is -0.370 e. The number of aromatic amines is 1. The Balaban J connectivity index is 2.81. The summed E-state index contributed by atoms with van der Waals surface area (Å²) in [5, 5.41) is 0.523. The van der Waals surface area contributed by atoms with Gasteiger partial charge in [-0.1, -0.05) is 12.1 Å². The van der Waals surface area contributed by atoms with Gasteiger partial charge in [0.05, 0.1) is 10.9 Å². The number of H-pyrrole nitrogens is 1. The lowest BCUT2D eigenvalue weighted by Gasteiger charge is -2.01. The molecule has 0 aliphatic carbocycles. The van der Waals surface area contributed by atoms with Gasteiger partial charge in [-0.05, 0) is 18.6 Å². The fourth-order valence-electron chi connectivity index (χ4n) is 1.47. The van der Waals surface area contributed by atoms with Gasteiger partial charge >= 0.3 is 0 Å². The third-order valence-electron chi connectivity index (χ3n) is 2.16. The van der Waals surface area contributed by atoms with E-state index in [1.54, 1.807) is 12.1 Å². The molecule has 0 unspecified atom stereocenters. The number of benzene rings is 1. The number of aryl methyl sites for hydroxylation is 1. The molecule has 0 fully saturated rings. The first-order chi connectivity index (χ1) is 7.58. The fourth-order valence-corrected chi connectivity index (χ4v) is 1.47. The van der Waals surface area contributed by atoms with Crippen LogP contribution in [0.1, 0.15) is 5.56 Å². The summed E-state index contributed by atoms with van der Waals surface area (Å²) >= 11 is 0. The van der Waals surface area contributed by atoms with Crippen molar-refractivity contribution >= 4 is 22.8 Å². The summed E-state index contributed by atoms with van der Waals surface area (Å²) in [7, 11) is 0. The van der Waals surface area contributed by atoms with Crippen molar-refractivity contribution in [2.75, 3.05) is 0 Å². The van der Waals surface area contributed by atoms with E-state index in [4.69, 9.17) is 11.5 Å². The Morgan fingerprint density at radius 3 is 2.88 bits per heavy atom. The van der Waals surface area contributed by atoms with Crippen LogP contribution in [0, 0.1) is 6.92 Å². The number of hydrogen-bond donors (Lipinski definition) is 3. The van der Waals surface area contributed by atoms with E-state index in [2.05, 4.69) is 15.0 Å². The minimum absolute atomic E-state index is 0.117. The number of para-hydroxylation sites is 1. The molecule has 0 saturated carbocycles. The molecule has 5 N–H and O–H groups in total. The van der Waals surface area contributed by atoms with Crippen molar-refractivity contribution in [3.8, 4) is 0 Å². The highest BCUT2D eigenvalue weighted by Gasteiger charge is 2.04. The van der Waals surface area contributed by atoms with Gasteiger partial charge in [0, 0.05) is 0 Å². The van der Waals surface area contributed by atoms with Gasteiger partial charge in [0.15, 0.2) is 5.96 Å². The van der Waals surface area contributed by atoms with Crippen LogP contribution in [-0.2, 0) is 0 Å². The largest absolute Gasteiger partial charge is 0.370 e. The van der Waals surface area contributed by atoms with Crippen molar-refractivity contribution in [3.05, 3.63) is 34.1 Å². The van der Waals surface area contributed by atoms with Crippen molar-refractivity contribution in [1.82, 2.24) is 9.97 Å². The molecule has 0 bridgehead atoms. The highest BCUT2D eigenvalue weighted by atomic mass is 16.1. The zero-order valence-corrected chi connectivity index (χ0v) is 8.69. The summed E-state index contributed by atoms with van der Waals surface area (Å²) in [6.45, 7) is 1.87. The van der Waals surface area contributed by atoms with E-state index < -0.39 is 0 Å². The standard InChI is InChI=1S/C10H11N5O/c1-5-3-2-4-6-7(5)13-10(14-8(6)16)15-9(11)12/h2-4H,1H3,(H5,11,12,13,14,15,16). The summed E-state index contributed by atoms with van der Waals surface area (Å²) in [6.07, 6.45) is 0. The maximum Gasteiger partial charge on any atom is 0.260 e. The maximum absolute atomic E-state index is 11.7. The van der Waals surface area contributed by atoms with Gasteiger partial charge in [-0.15, -0.1) is 0 Å². The van der Waals surface area contributed by atoms with Crippen LogP contribution in [0.3, 0.4) is 0 Å². The molecule has 1 aromatic carbocycles. The molecule has 16 heavy (non-hydrogen) atoms. The molecule has 0 aliphatic heterocycles. The Bertz CT molecular complexity index is 625. The van der Waals surface area contributed by atoms with Crippen LogP contribution >= 0.6 is 0 Å². The molecule has 1 aromatic heterocycles. The van der Waals surface area contributed by atoms with Gasteiger partial charge in [-0.2, -0.15) is 4.99 Å². The number of aliphatic imine (C=N–C) groups is 1. The van der Waals surface area contributed by atoms with E-state index in [1.807, 2.05) is 13.0 Å². The van der Waals surface area contributed by atoms with Crippen LogP contribution in [0.5, 0.6) is 0 Å². The lowest BCUT2D eigenvalue weighted by molar-refractivity contribution is 1.13. The highest BCUT2D eigenvalue weighted by molar-refractivity contribution is 5.82. The van der Waals surface area contributed by atoms with Crippen LogP contribution in [0.25, 0.3) is 10.9 Å². The number of fused-ring (bicyclic) bond motifs is 1. The number of nitrogens with zero attached hydrogens (tertiary/aromatic N) is 2. The molecular weight excluding hydrogens is 206 g/mol. The molecule has 0 spiro atoms. The van der Waals surface area contributed by atoms with Gasteiger partial charge < -0.3 is 11.5 Å². The molecule has 0 atom stereocenters. The molecule has 2 aromatic rings. The molecule has 0 radical (unpaired) electrons. The molecule has 0 saturated heterocycles. The second kappa shape index (κ2) is 3.65. The molecule has 2 rings (SSSR count). The Labute approximate surface area is 91.0 Å². The number of guanidine groups is 1. The van der Waals surface area contributed by atoms with E-state index in [1.165, 1.54) is 0 Å². The smallest absolute Gasteiger partial charge is 0.260 e. The second-order valence-electron chi connectivity index (χ2n) is 3.40.